The van der Waals surface area contributed by atoms with Crippen molar-refractivity contribution < 1.29 is 0 Å². The smallest absolute Gasteiger partial charge is 0.0507 e. The van der Waals surface area contributed by atoms with Gasteiger partial charge < -0.3 is 4.57 Å². The van der Waals surface area contributed by atoms with Crippen LogP contribution in [0.25, 0.3) is 10.9 Å². The normalized spacial score (nSPS) is 8.67. The summed E-state index contributed by atoms with van der Waals surface area (Å²) < 4.78 is 2.16. The SMILES string of the molecule is CC.CC.Cc1cccc2ccn(C)c12. The number of rotatable bonds is 0. The molecule has 0 saturated carbocycles. The summed E-state index contributed by atoms with van der Waals surface area (Å²) >= 11 is 0. The Hall–Kier alpha value is -1.24. The lowest BCUT2D eigenvalue weighted by molar-refractivity contribution is 0.964. The summed E-state index contributed by atoms with van der Waals surface area (Å²) in [6.07, 6.45) is 2.09. The molecule has 2 aromatic rings. The maximum Gasteiger partial charge on any atom is 0.0507 e. The highest BCUT2D eigenvalue weighted by Crippen LogP contribution is 2.17. The van der Waals surface area contributed by atoms with Gasteiger partial charge in [0.25, 0.3) is 0 Å². The molecule has 84 valence electrons. The Labute approximate surface area is 93.7 Å². The lowest BCUT2D eigenvalue weighted by Crippen LogP contribution is -1.86. The van der Waals surface area contributed by atoms with Gasteiger partial charge in [-0.3, -0.25) is 0 Å². The van der Waals surface area contributed by atoms with Gasteiger partial charge in [0.1, 0.15) is 0 Å². The topological polar surface area (TPSA) is 4.93 Å². The third-order valence-corrected chi connectivity index (χ3v) is 2.10. The minimum atomic E-state index is 1.33. The van der Waals surface area contributed by atoms with Gasteiger partial charge in [-0.1, -0.05) is 45.9 Å². The highest BCUT2D eigenvalue weighted by molar-refractivity contribution is 5.82. The van der Waals surface area contributed by atoms with Crippen molar-refractivity contribution in [3.05, 3.63) is 36.0 Å². The molecule has 0 atom stereocenters. The first-order valence-corrected chi connectivity index (χ1v) is 5.80. The summed E-state index contributed by atoms with van der Waals surface area (Å²) in [6, 6.07) is 8.52. The van der Waals surface area contributed by atoms with Crippen molar-refractivity contribution in [2.45, 2.75) is 34.6 Å². The quantitative estimate of drug-likeness (QED) is 0.595. The van der Waals surface area contributed by atoms with E-state index in [0.29, 0.717) is 0 Å². The predicted molar refractivity (Wildman–Crippen MR) is 70.4 cm³/mol. The standard InChI is InChI=1S/C10H11N.2C2H6/c1-8-4-3-5-9-6-7-11(2)10(8)9;2*1-2/h3-7H,1-2H3;2*1-2H3. The third-order valence-electron chi connectivity index (χ3n) is 2.10. The minimum Gasteiger partial charge on any atom is -0.350 e. The van der Waals surface area contributed by atoms with Gasteiger partial charge in [0, 0.05) is 13.2 Å². The van der Waals surface area contributed by atoms with Crippen LogP contribution in [0.4, 0.5) is 0 Å². The molecule has 0 fully saturated rings. The summed E-state index contributed by atoms with van der Waals surface area (Å²) in [5.74, 6) is 0. The highest BCUT2D eigenvalue weighted by atomic mass is 14.9. The van der Waals surface area contributed by atoms with Crippen LogP contribution in [-0.4, -0.2) is 4.57 Å². The minimum absolute atomic E-state index is 1.33. The van der Waals surface area contributed by atoms with Crippen LogP contribution in [0.5, 0.6) is 0 Å². The molecular formula is C14H23N. The van der Waals surface area contributed by atoms with Crippen molar-refractivity contribution >= 4 is 10.9 Å². The van der Waals surface area contributed by atoms with E-state index in [4.69, 9.17) is 0 Å². The molecule has 0 aliphatic rings. The zero-order chi connectivity index (χ0) is 11.8. The van der Waals surface area contributed by atoms with Crippen LogP contribution < -0.4 is 0 Å². The monoisotopic (exact) mass is 205 g/mol. The van der Waals surface area contributed by atoms with Gasteiger partial charge in [-0.15, -0.1) is 0 Å². The van der Waals surface area contributed by atoms with Gasteiger partial charge in [-0.05, 0) is 23.9 Å². The Morgan fingerprint density at radius 3 is 2.07 bits per heavy atom. The van der Waals surface area contributed by atoms with E-state index in [2.05, 4.69) is 49.0 Å². The Balaban J connectivity index is 0.000000442. The Bertz CT molecular complexity index is 385. The van der Waals surface area contributed by atoms with E-state index in [1.54, 1.807) is 0 Å². The largest absolute Gasteiger partial charge is 0.350 e. The number of nitrogens with zero attached hydrogens (tertiary/aromatic N) is 1. The fraction of sp³-hybridized carbons (Fsp3) is 0.429. The van der Waals surface area contributed by atoms with Crippen LogP contribution in [0.2, 0.25) is 0 Å². The molecule has 15 heavy (non-hydrogen) atoms. The van der Waals surface area contributed by atoms with E-state index < -0.39 is 0 Å². The lowest BCUT2D eigenvalue weighted by Gasteiger charge is -1.98. The van der Waals surface area contributed by atoms with Crippen LogP contribution in [0, 0.1) is 6.92 Å². The molecule has 1 nitrogen and oxygen atoms in total. The van der Waals surface area contributed by atoms with E-state index in [0.717, 1.165) is 0 Å². The fourth-order valence-electron chi connectivity index (χ4n) is 1.56. The molecule has 0 spiro atoms. The summed E-state index contributed by atoms with van der Waals surface area (Å²) in [5.41, 5.74) is 2.68. The second-order valence-electron chi connectivity index (χ2n) is 2.94. The van der Waals surface area contributed by atoms with E-state index >= 15 is 0 Å². The summed E-state index contributed by atoms with van der Waals surface area (Å²) in [4.78, 5) is 0. The zero-order valence-electron chi connectivity index (χ0n) is 10.8. The van der Waals surface area contributed by atoms with Gasteiger partial charge in [0.2, 0.25) is 0 Å². The van der Waals surface area contributed by atoms with Crippen molar-refractivity contribution in [2.24, 2.45) is 7.05 Å². The van der Waals surface area contributed by atoms with Gasteiger partial charge in [0.15, 0.2) is 0 Å². The van der Waals surface area contributed by atoms with Crippen molar-refractivity contribution in [1.82, 2.24) is 4.57 Å². The van der Waals surface area contributed by atoms with E-state index in [-0.39, 0.29) is 0 Å². The first-order chi connectivity index (χ1) is 7.29. The average molecular weight is 205 g/mol. The lowest BCUT2D eigenvalue weighted by atomic mass is 10.2. The first-order valence-electron chi connectivity index (χ1n) is 5.80. The van der Waals surface area contributed by atoms with Crippen LogP contribution >= 0.6 is 0 Å². The molecule has 0 N–H and O–H groups in total. The average Bonchev–Trinajstić information content (AvgIpc) is 2.68. The summed E-state index contributed by atoms with van der Waals surface area (Å²) in [7, 11) is 2.08. The zero-order valence-corrected chi connectivity index (χ0v) is 10.8. The molecule has 1 heterocycles. The molecule has 0 bridgehead atoms. The Kier molecular flexibility index (Phi) is 6.52. The van der Waals surface area contributed by atoms with Crippen molar-refractivity contribution in [1.29, 1.82) is 0 Å². The predicted octanol–water partition coefficient (Wildman–Crippen LogP) is 4.54. The first kappa shape index (κ1) is 13.8. The molecular weight excluding hydrogens is 182 g/mol. The molecule has 0 unspecified atom stereocenters. The van der Waals surface area contributed by atoms with Crippen LogP contribution in [0.15, 0.2) is 30.5 Å². The number of benzene rings is 1. The molecule has 0 aliphatic carbocycles. The molecule has 0 amide bonds. The van der Waals surface area contributed by atoms with Gasteiger partial charge >= 0.3 is 0 Å². The number of aryl methyl sites for hydroxylation is 2. The Morgan fingerprint density at radius 2 is 1.53 bits per heavy atom. The number of hydrogen-bond donors (Lipinski definition) is 0. The molecule has 1 aromatic heterocycles. The van der Waals surface area contributed by atoms with Gasteiger partial charge in [-0.25, -0.2) is 0 Å². The number of hydrogen-bond acceptors (Lipinski definition) is 0. The molecule has 2 rings (SSSR count). The van der Waals surface area contributed by atoms with E-state index in [1.807, 2.05) is 27.7 Å². The van der Waals surface area contributed by atoms with Gasteiger partial charge in [-0.2, -0.15) is 0 Å². The van der Waals surface area contributed by atoms with Gasteiger partial charge in [0.05, 0.1) is 5.52 Å². The number of aromatic nitrogens is 1. The maximum absolute atomic E-state index is 2.16. The second-order valence-corrected chi connectivity index (χ2v) is 2.94. The van der Waals surface area contributed by atoms with E-state index in [9.17, 15) is 0 Å². The van der Waals surface area contributed by atoms with E-state index in [1.165, 1.54) is 16.5 Å². The molecule has 0 saturated heterocycles. The van der Waals surface area contributed by atoms with Crippen molar-refractivity contribution in [3.63, 3.8) is 0 Å². The second kappa shape index (κ2) is 7.10. The highest BCUT2D eigenvalue weighted by Gasteiger charge is 1.98. The molecule has 0 aliphatic heterocycles. The maximum atomic E-state index is 2.16. The summed E-state index contributed by atoms with van der Waals surface area (Å²) in [5, 5.41) is 1.33. The van der Waals surface area contributed by atoms with Crippen molar-refractivity contribution in [2.75, 3.05) is 0 Å². The fourth-order valence-corrected chi connectivity index (χ4v) is 1.56. The molecule has 1 aromatic carbocycles. The number of para-hydroxylation sites is 1. The molecule has 0 radical (unpaired) electrons. The Morgan fingerprint density at radius 1 is 0.933 bits per heavy atom. The van der Waals surface area contributed by atoms with Crippen molar-refractivity contribution in [3.8, 4) is 0 Å². The third kappa shape index (κ3) is 3.12. The number of fused-ring (bicyclic) bond motifs is 1. The van der Waals surface area contributed by atoms with Crippen LogP contribution in [0.3, 0.4) is 0 Å². The summed E-state index contributed by atoms with van der Waals surface area (Å²) in [6.45, 7) is 10.1. The molecule has 1 heteroatoms. The van der Waals surface area contributed by atoms with Crippen LogP contribution in [0.1, 0.15) is 33.3 Å². The van der Waals surface area contributed by atoms with Crippen LogP contribution in [-0.2, 0) is 7.05 Å².